The number of ether oxygens (including phenoxy) is 1. The summed E-state index contributed by atoms with van der Waals surface area (Å²) in [4.78, 5) is 14.2. The van der Waals surface area contributed by atoms with Crippen molar-refractivity contribution in [3.05, 3.63) is 11.4 Å². The molecule has 0 aromatic carbocycles. The van der Waals surface area contributed by atoms with E-state index in [1.807, 2.05) is 13.8 Å². The fourth-order valence-corrected chi connectivity index (χ4v) is 2.11. The van der Waals surface area contributed by atoms with Crippen LogP contribution in [0, 0.1) is 0 Å². The number of amides is 1. The van der Waals surface area contributed by atoms with Gasteiger partial charge in [0.25, 0.3) is 5.91 Å². The fourth-order valence-electron chi connectivity index (χ4n) is 2.11. The second-order valence-electron chi connectivity index (χ2n) is 4.61. The topological polar surface area (TPSA) is 84.2 Å². The van der Waals surface area contributed by atoms with Crippen LogP contribution in [0.15, 0.2) is 0 Å². The molecular formula is C13H24N4O2. The molecule has 0 spiro atoms. The molecule has 3 N–H and O–H groups in total. The van der Waals surface area contributed by atoms with Crippen LogP contribution in [-0.2, 0) is 11.2 Å². The number of likely N-dealkylation sites (N-methyl/N-ethyl adjacent to an activating group) is 1. The maximum Gasteiger partial charge on any atom is 0.276 e. The van der Waals surface area contributed by atoms with Gasteiger partial charge in [-0.15, -0.1) is 0 Å². The minimum atomic E-state index is -0.150. The van der Waals surface area contributed by atoms with Gasteiger partial charge in [0.15, 0.2) is 5.69 Å². The van der Waals surface area contributed by atoms with E-state index in [1.54, 1.807) is 12.0 Å². The van der Waals surface area contributed by atoms with Crippen molar-refractivity contribution in [2.24, 2.45) is 0 Å². The second kappa shape index (κ2) is 7.13. The molecule has 1 heterocycles. The molecule has 108 valence electrons. The van der Waals surface area contributed by atoms with Crippen molar-refractivity contribution in [1.82, 2.24) is 15.1 Å². The minimum absolute atomic E-state index is 0.00627. The summed E-state index contributed by atoms with van der Waals surface area (Å²) in [6.07, 6.45) is 1.75. The van der Waals surface area contributed by atoms with Crippen molar-refractivity contribution in [3.63, 3.8) is 0 Å². The van der Waals surface area contributed by atoms with Crippen molar-refractivity contribution < 1.29 is 9.53 Å². The molecule has 6 heteroatoms. The Balaban J connectivity index is 2.91. The van der Waals surface area contributed by atoms with Crippen molar-refractivity contribution in [2.45, 2.75) is 39.7 Å². The van der Waals surface area contributed by atoms with E-state index in [9.17, 15) is 4.79 Å². The summed E-state index contributed by atoms with van der Waals surface area (Å²) in [5.41, 5.74) is 7.60. The number of methoxy groups -OCH3 is 1. The number of aromatic nitrogens is 2. The number of nitrogens with two attached hydrogens (primary N) is 1. The third kappa shape index (κ3) is 3.47. The maximum absolute atomic E-state index is 12.4. The van der Waals surface area contributed by atoms with Gasteiger partial charge in [-0.05, 0) is 20.3 Å². The molecule has 0 aliphatic rings. The molecule has 0 fully saturated rings. The smallest absolute Gasteiger partial charge is 0.276 e. The lowest BCUT2D eigenvalue weighted by molar-refractivity contribution is 0.0574. The van der Waals surface area contributed by atoms with Crippen molar-refractivity contribution >= 4 is 11.6 Å². The van der Waals surface area contributed by atoms with Gasteiger partial charge >= 0.3 is 0 Å². The quantitative estimate of drug-likeness (QED) is 0.783. The van der Waals surface area contributed by atoms with Crippen LogP contribution in [-0.4, -0.2) is 47.3 Å². The molecule has 0 saturated carbocycles. The molecule has 0 radical (unpaired) electrons. The molecule has 0 saturated heterocycles. The zero-order valence-electron chi connectivity index (χ0n) is 12.2. The van der Waals surface area contributed by atoms with Crippen molar-refractivity contribution in [1.29, 1.82) is 0 Å². The molecular weight excluding hydrogens is 244 g/mol. The highest BCUT2D eigenvalue weighted by Gasteiger charge is 2.25. The zero-order valence-corrected chi connectivity index (χ0v) is 12.2. The van der Waals surface area contributed by atoms with E-state index in [4.69, 9.17) is 10.5 Å². The van der Waals surface area contributed by atoms with E-state index in [0.717, 1.165) is 18.5 Å². The summed E-state index contributed by atoms with van der Waals surface area (Å²) in [6, 6.07) is -0.00627. The lowest BCUT2D eigenvalue weighted by atomic mass is 10.2. The Morgan fingerprint density at radius 2 is 2.21 bits per heavy atom. The summed E-state index contributed by atoms with van der Waals surface area (Å²) < 4.78 is 5.09. The highest BCUT2D eigenvalue weighted by Crippen LogP contribution is 2.18. The van der Waals surface area contributed by atoms with Crippen LogP contribution < -0.4 is 5.73 Å². The van der Waals surface area contributed by atoms with Gasteiger partial charge in [-0.25, -0.2) is 0 Å². The first-order valence-corrected chi connectivity index (χ1v) is 6.69. The average molecular weight is 268 g/mol. The number of nitrogens with one attached hydrogen (secondary N) is 1. The molecule has 1 unspecified atom stereocenters. The highest BCUT2D eigenvalue weighted by atomic mass is 16.5. The van der Waals surface area contributed by atoms with Gasteiger partial charge < -0.3 is 15.4 Å². The Kier molecular flexibility index (Phi) is 5.82. The standard InChI is InChI=1S/C13H24N4O2/c1-5-7-10-11(14)12(16-15-10)13(18)17(6-2)9(3)8-19-4/h9H,5-8,14H2,1-4H3,(H,15,16). The molecule has 1 rings (SSSR count). The van der Waals surface area contributed by atoms with Crippen LogP contribution in [0.4, 0.5) is 5.69 Å². The van der Waals surface area contributed by atoms with E-state index < -0.39 is 0 Å². The number of nitrogens with zero attached hydrogens (tertiary/aromatic N) is 2. The van der Waals surface area contributed by atoms with Crippen molar-refractivity contribution in [3.8, 4) is 0 Å². The number of hydrogen-bond donors (Lipinski definition) is 2. The normalized spacial score (nSPS) is 12.4. The van der Waals surface area contributed by atoms with Crippen molar-refractivity contribution in [2.75, 3.05) is 26.0 Å². The van der Waals surface area contributed by atoms with E-state index >= 15 is 0 Å². The molecule has 6 nitrogen and oxygen atoms in total. The fraction of sp³-hybridized carbons (Fsp3) is 0.692. The molecule has 1 atom stereocenters. The predicted molar refractivity (Wildman–Crippen MR) is 75.0 cm³/mol. The van der Waals surface area contributed by atoms with Crippen LogP contribution in [0.2, 0.25) is 0 Å². The van der Waals surface area contributed by atoms with Gasteiger partial charge in [0.2, 0.25) is 0 Å². The summed E-state index contributed by atoms with van der Waals surface area (Å²) in [5, 5.41) is 6.92. The van der Waals surface area contributed by atoms with E-state index in [0.29, 0.717) is 24.5 Å². The molecule has 1 amide bonds. The van der Waals surface area contributed by atoms with Crippen LogP contribution in [0.3, 0.4) is 0 Å². The Bertz CT molecular complexity index is 417. The molecule has 1 aromatic heterocycles. The van der Waals surface area contributed by atoms with Gasteiger partial charge in [0, 0.05) is 13.7 Å². The molecule has 0 bridgehead atoms. The first-order chi connectivity index (χ1) is 9.06. The third-order valence-corrected chi connectivity index (χ3v) is 3.13. The van der Waals surface area contributed by atoms with Gasteiger partial charge in [0.1, 0.15) is 0 Å². The predicted octanol–water partition coefficient (Wildman–Crippen LogP) is 1.44. The molecule has 0 aliphatic carbocycles. The van der Waals surface area contributed by atoms with Gasteiger partial charge in [-0.3, -0.25) is 9.89 Å². The largest absolute Gasteiger partial charge is 0.395 e. The highest BCUT2D eigenvalue weighted by molar-refractivity contribution is 5.97. The lowest BCUT2D eigenvalue weighted by Gasteiger charge is -2.26. The first-order valence-electron chi connectivity index (χ1n) is 6.69. The van der Waals surface area contributed by atoms with Gasteiger partial charge in [-0.2, -0.15) is 5.10 Å². The number of H-pyrrole nitrogens is 1. The number of carbonyl (C=O) groups is 1. The maximum atomic E-state index is 12.4. The Morgan fingerprint density at radius 1 is 1.53 bits per heavy atom. The molecule has 19 heavy (non-hydrogen) atoms. The first kappa shape index (κ1) is 15.5. The monoisotopic (exact) mass is 268 g/mol. The zero-order chi connectivity index (χ0) is 14.4. The Morgan fingerprint density at radius 3 is 2.74 bits per heavy atom. The average Bonchev–Trinajstić information content (AvgIpc) is 2.73. The van der Waals surface area contributed by atoms with E-state index in [2.05, 4.69) is 17.1 Å². The Labute approximate surface area is 114 Å². The van der Waals surface area contributed by atoms with Gasteiger partial charge in [-0.1, -0.05) is 13.3 Å². The summed E-state index contributed by atoms with van der Waals surface area (Å²) in [7, 11) is 1.62. The molecule has 1 aromatic rings. The van der Waals surface area contributed by atoms with E-state index in [-0.39, 0.29) is 11.9 Å². The third-order valence-electron chi connectivity index (χ3n) is 3.13. The summed E-state index contributed by atoms with van der Waals surface area (Å²) in [5.74, 6) is -0.150. The number of carbonyl (C=O) groups excluding carboxylic acids is 1. The molecule has 0 aliphatic heterocycles. The van der Waals surface area contributed by atoms with E-state index in [1.165, 1.54) is 0 Å². The summed E-state index contributed by atoms with van der Waals surface area (Å²) in [6.45, 7) is 7.02. The van der Waals surface area contributed by atoms with Crippen LogP contribution in [0.5, 0.6) is 0 Å². The Hall–Kier alpha value is -1.56. The summed E-state index contributed by atoms with van der Waals surface area (Å²) >= 11 is 0. The van der Waals surface area contributed by atoms with Crippen LogP contribution in [0.25, 0.3) is 0 Å². The number of aryl methyl sites for hydroxylation is 1. The number of aromatic amines is 1. The minimum Gasteiger partial charge on any atom is -0.395 e. The number of anilines is 1. The number of rotatable bonds is 7. The van der Waals surface area contributed by atoms with Gasteiger partial charge in [0.05, 0.1) is 24.0 Å². The van der Waals surface area contributed by atoms with Crippen LogP contribution in [0.1, 0.15) is 43.4 Å². The SMILES string of the molecule is CCCc1[nH]nc(C(=O)N(CC)C(C)COC)c1N. The number of nitrogen functional groups attached to an aromatic ring is 1. The second-order valence-corrected chi connectivity index (χ2v) is 4.61. The lowest BCUT2D eigenvalue weighted by Crippen LogP contribution is -2.41. The number of hydrogen-bond acceptors (Lipinski definition) is 4. The van der Waals surface area contributed by atoms with Crippen LogP contribution >= 0.6 is 0 Å².